The van der Waals surface area contributed by atoms with E-state index in [1.54, 1.807) is 6.07 Å². The Morgan fingerprint density at radius 2 is 2.00 bits per heavy atom. The fourth-order valence-corrected chi connectivity index (χ4v) is 1.84. The van der Waals surface area contributed by atoms with Crippen molar-refractivity contribution in [2.75, 3.05) is 0 Å². The second kappa shape index (κ2) is 3.92. The van der Waals surface area contributed by atoms with Gasteiger partial charge in [0.2, 0.25) is 0 Å². The third-order valence-corrected chi connectivity index (χ3v) is 3.14. The molecule has 0 aromatic heterocycles. The van der Waals surface area contributed by atoms with Crippen molar-refractivity contribution in [3.05, 3.63) is 39.4 Å². The molecule has 1 aliphatic carbocycles. The summed E-state index contributed by atoms with van der Waals surface area (Å²) >= 11 is 11.8. The van der Waals surface area contributed by atoms with Gasteiger partial charge < -0.3 is 0 Å². The molecule has 0 heterocycles. The molecule has 0 nitrogen and oxygen atoms in total. The highest BCUT2D eigenvalue weighted by molar-refractivity contribution is 6.42. The van der Waals surface area contributed by atoms with Gasteiger partial charge in [-0.3, -0.25) is 0 Å². The molecule has 1 aromatic carbocycles. The molecule has 0 bridgehead atoms. The van der Waals surface area contributed by atoms with Gasteiger partial charge in [0.25, 0.3) is 0 Å². The van der Waals surface area contributed by atoms with Crippen LogP contribution < -0.4 is 0 Å². The number of hydrogen-bond acceptors (Lipinski definition) is 0. The lowest BCUT2D eigenvalue weighted by Gasteiger charge is -2.21. The van der Waals surface area contributed by atoms with E-state index in [0.29, 0.717) is 22.9 Å². The van der Waals surface area contributed by atoms with Crippen LogP contribution in [0.25, 0.3) is 6.08 Å². The molecule has 1 saturated carbocycles. The molecule has 0 amide bonds. The molecule has 74 valence electrons. The first-order chi connectivity index (χ1) is 6.66. The first-order valence-corrected chi connectivity index (χ1v) is 5.20. The van der Waals surface area contributed by atoms with Crippen LogP contribution in [0.3, 0.4) is 0 Å². The Balaban J connectivity index is 2.25. The van der Waals surface area contributed by atoms with Crippen LogP contribution >= 0.6 is 23.2 Å². The van der Waals surface area contributed by atoms with E-state index in [2.05, 4.69) is 0 Å². The SMILES string of the molecule is FC1CC(=Cc2cccc(Cl)c2Cl)C1. The van der Waals surface area contributed by atoms with Crippen molar-refractivity contribution in [3.8, 4) is 0 Å². The highest BCUT2D eigenvalue weighted by Crippen LogP contribution is 2.34. The number of rotatable bonds is 1. The van der Waals surface area contributed by atoms with Crippen molar-refractivity contribution in [2.45, 2.75) is 19.0 Å². The molecule has 2 rings (SSSR count). The van der Waals surface area contributed by atoms with Crippen molar-refractivity contribution in [1.29, 1.82) is 0 Å². The quantitative estimate of drug-likeness (QED) is 0.667. The van der Waals surface area contributed by atoms with Crippen molar-refractivity contribution in [3.63, 3.8) is 0 Å². The Hall–Kier alpha value is -0.530. The first-order valence-electron chi connectivity index (χ1n) is 4.44. The summed E-state index contributed by atoms with van der Waals surface area (Å²) in [5.41, 5.74) is 1.97. The zero-order chi connectivity index (χ0) is 10.1. The van der Waals surface area contributed by atoms with E-state index < -0.39 is 6.17 Å². The van der Waals surface area contributed by atoms with Crippen molar-refractivity contribution < 1.29 is 4.39 Å². The Morgan fingerprint density at radius 3 is 2.64 bits per heavy atom. The molecule has 0 spiro atoms. The summed E-state index contributed by atoms with van der Waals surface area (Å²) in [5, 5.41) is 1.08. The molecular weight excluding hydrogens is 222 g/mol. The molecule has 0 saturated heterocycles. The predicted molar refractivity (Wildman–Crippen MR) is 58.6 cm³/mol. The third kappa shape index (κ3) is 1.94. The van der Waals surface area contributed by atoms with Crippen molar-refractivity contribution in [2.24, 2.45) is 0 Å². The van der Waals surface area contributed by atoms with E-state index >= 15 is 0 Å². The van der Waals surface area contributed by atoms with E-state index in [-0.39, 0.29) is 0 Å². The van der Waals surface area contributed by atoms with Crippen LogP contribution in [0.15, 0.2) is 23.8 Å². The predicted octanol–water partition coefficient (Wildman–Crippen LogP) is 4.51. The second-order valence-corrected chi connectivity index (χ2v) is 4.24. The maximum absolute atomic E-state index is 12.6. The molecular formula is C11H9Cl2F. The second-order valence-electron chi connectivity index (χ2n) is 3.45. The van der Waals surface area contributed by atoms with Gasteiger partial charge >= 0.3 is 0 Å². The summed E-state index contributed by atoms with van der Waals surface area (Å²) in [6, 6.07) is 5.46. The first kappa shape index (κ1) is 10.0. The van der Waals surface area contributed by atoms with E-state index in [1.807, 2.05) is 18.2 Å². The molecule has 1 aromatic rings. The Labute approximate surface area is 92.3 Å². The van der Waals surface area contributed by atoms with Gasteiger partial charge in [-0.15, -0.1) is 0 Å². The fraction of sp³-hybridized carbons (Fsp3) is 0.273. The van der Waals surface area contributed by atoms with E-state index in [0.717, 1.165) is 11.1 Å². The molecule has 1 aliphatic rings. The molecule has 0 unspecified atom stereocenters. The minimum Gasteiger partial charge on any atom is -0.247 e. The molecule has 0 radical (unpaired) electrons. The molecule has 0 aliphatic heterocycles. The average molecular weight is 231 g/mol. The third-order valence-electron chi connectivity index (χ3n) is 2.31. The molecule has 1 fully saturated rings. The highest BCUT2D eigenvalue weighted by Gasteiger charge is 2.22. The lowest BCUT2D eigenvalue weighted by Crippen LogP contribution is -2.14. The van der Waals surface area contributed by atoms with Crippen LogP contribution in [-0.4, -0.2) is 6.17 Å². The van der Waals surface area contributed by atoms with E-state index in [1.165, 1.54) is 0 Å². The maximum Gasteiger partial charge on any atom is 0.108 e. The lowest BCUT2D eigenvalue weighted by molar-refractivity contribution is 0.274. The maximum atomic E-state index is 12.6. The van der Waals surface area contributed by atoms with Crippen LogP contribution in [-0.2, 0) is 0 Å². The van der Waals surface area contributed by atoms with Gasteiger partial charge in [0.1, 0.15) is 6.17 Å². The van der Waals surface area contributed by atoms with Gasteiger partial charge in [-0.05, 0) is 11.6 Å². The smallest absolute Gasteiger partial charge is 0.108 e. The zero-order valence-corrected chi connectivity index (χ0v) is 8.95. The lowest BCUT2D eigenvalue weighted by atomic mass is 9.89. The largest absolute Gasteiger partial charge is 0.247 e. The number of benzene rings is 1. The number of allylic oxidation sites excluding steroid dienone is 1. The van der Waals surface area contributed by atoms with Crippen LogP contribution in [0.2, 0.25) is 10.0 Å². The minimum absolute atomic E-state index is 0.531. The van der Waals surface area contributed by atoms with E-state index in [9.17, 15) is 4.39 Å². The topological polar surface area (TPSA) is 0 Å². The summed E-state index contributed by atoms with van der Waals surface area (Å²) in [6.07, 6.45) is 2.31. The van der Waals surface area contributed by atoms with Crippen LogP contribution in [0.1, 0.15) is 18.4 Å². The average Bonchev–Trinajstić information content (AvgIpc) is 2.10. The number of halogens is 3. The van der Waals surface area contributed by atoms with Gasteiger partial charge in [-0.1, -0.05) is 47.0 Å². The number of hydrogen-bond donors (Lipinski definition) is 0. The van der Waals surface area contributed by atoms with Crippen LogP contribution in [0.4, 0.5) is 4.39 Å². The summed E-state index contributed by atoms with van der Waals surface area (Å²) in [5.74, 6) is 0. The Morgan fingerprint density at radius 1 is 1.29 bits per heavy atom. The fourth-order valence-electron chi connectivity index (χ4n) is 1.48. The summed E-state index contributed by atoms with van der Waals surface area (Å²) in [4.78, 5) is 0. The van der Waals surface area contributed by atoms with Crippen molar-refractivity contribution >= 4 is 29.3 Å². The van der Waals surface area contributed by atoms with Crippen LogP contribution in [0, 0.1) is 0 Å². The Kier molecular flexibility index (Phi) is 2.80. The van der Waals surface area contributed by atoms with Crippen LogP contribution in [0.5, 0.6) is 0 Å². The zero-order valence-electron chi connectivity index (χ0n) is 7.43. The highest BCUT2D eigenvalue weighted by atomic mass is 35.5. The molecule has 0 atom stereocenters. The van der Waals surface area contributed by atoms with Gasteiger partial charge in [0, 0.05) is 12.8 Å². The van der Waals surface area contributed by atoms with Gasteiger partial charge in [-0.25, -0.2) is 4.39 Å². The summed E-state index contributed by atoms with van der Waals surface area (Å²) < 4.78 is 12.6. The monoisotopic (exact) mass is 230 g/mol. The summed E-state index contributed by atoms with van der Waals surface area (Å²) in [7, 11) is 0. The molecule has 3 heteroatoms. The normalized spacial score (nSPS) is 20.5. The Bertz CT molecular complexity index is 377. The van der Waals surface area contributed by atoms with Gasteiger partial charge in [0.05, 0.1) is 10.0 Å². The van der Waals surface area contributed by atoms with E-state index in [4.69, 9.17) is 23.2 Å². The van der Waals surface area contributed by atoms with Gasteiger partial charge in [0.15, 0.2) is 0 Å². The standard InChI is InChI=1S/C11H9Cl2F/c12-10-3-1-2-8(11(10)13)4-7-5-9(14)6-7/h1-4,9H,5-6H2. The summed E-state index contributed by atoms with van der Waals surface area (Å²) in [6.45, 7) is 0. The molecule has 14 heavy (non-hydrogen) atoms. The minimum atomic E-state index is -0.667. The molecule has 0 N–H and O–H groups in total. The van der Waals surface area contributed by atoms with Gasteiger partial charge in [-0.2, -0.15) is 0 Å². The number of alkyl halides is 1. The van der Waals surface area contributed by atoms with Crippen molar-refractivity contribution in [1.82, 2.24) is 0 Å².